The van der Waals surface area contributed by atoms with Crippen molar-refractivity contribution >= 4 is 17.6 Å². The van der Waals surface area contributed by atoms with Crippen LogP contribution in [0.1, 0.15) is 0 Å². The molecule has 0 aliphatic heterocycles. The highest BCUT2D eigenvalue weighted by molar-refractivity contribution is 6.02. The number of hydrogen-bond acceptors (Lipinski definition) is 3. The minimum Gasteiger partial charge on any atom is -0.478 e. The number of amides is 1. The normalized spacial score (nSPS) is 10.0. The number of nitrogens with one attached hydrogen (secondary N) is 1. The van der Waals surface area contributed by atoms with E-state index in [4.69, 9.17) is 5.11 Å². The Morgan fingerprint density at radius 3 is 2.50 bits per heavy atom. The Labute approximate surface area is 80.1 Å². The topological polar surface area (TPSA) is 79.3 Å². The molecule has 0 bridgehead atoms. The van der Waals surface area contributed by atoms with Gasteiger partial charge >= 0.3 is 5.97 Å². The Kier molecular flexibility index (Phi) is 3.37. The van der Waals surface area contributed by atoms with Gasteiger partial charge in [0.15, 0.2) is 0 Å². The number of nitrogens with zero attached hydrogens (tertiary/aromatic N) is 1. The zero-order valence-corrected chi connectivity index (χ0v) is 7.18. The molecule has 1 amide bonds. The first kappa shape index (κ1) is 9.91. The summed E-state index contributed by atoms with van der Waals surface area (Å²) in [4.78, 5) is 24.9. The second-order valence-corrected chi connectivity index (χ2v) is 2.40. The number of hydrogen-bond donors (Lipinski definition) is 2. The first-order valence-electron chi connectivity index (χ1n) is 3.80. The predicted octanol–water partition coefficient (Wildman–Crippen LogP) is 0.661. The molecular formula is C9H8N2O3. The van der Waals surface area contributed by atoms with Crippen LogP contribution in [0.3, 0.4) is 0 Å². The van der Waals surface area contributed by atoms with Crippen molar-refractivity contribution in [1.82, 2.24) is 4.98 Å². The molecule has 0 aliphatic rings. The second-order valence-electron chi connectivity index (χ2n) is 2.40. The summed E-state index contributed by atoms with van der Waals surface area (Å²) in [5.74, 6) is -1.64. The molecule has 5 nitrogen and oxygen atoms in total. The molecule has 1 aromatic heterocycles. The third-order valence-corrected chi connectivity index (χ3v) is 1.33. The van der Waals surface area contributed by atoms with E-state index in [1.165, 1.54) is 12.4 Å². The van der Waals surface area contributed by atoms with E-state index in [1.54, 1.807) is 12.1 Å². The van der Waals surface area contributed by atoms with Gasteiger partial charge in [0.05, 0.1) is 0 Å². The van der Waals surface area contributed by atoms with E-state index in [2.05, 4.69) is 10.3 Å². The highest BCUT2D eigenvalue weighted by atomic mass is 16.4. The molecule has 1 aromatic rings. The van der Waals surface area contributed by atoms with Crippen molar-refractivity contribution in [3.63, 3.8) is 0 Å². The molecule has 0 unspecified atom stereocenters. The van der Waals surface area contributed by atoms with Gasteiger partial charge in [0.1, 0.15) is 0 Å². The number of carboxylic acids is 1. The molecule has 1 rings (SSSR count). The minimum absolute atomic E-state index is 0.487. The van der Waals surface area contributed by atoms with Crippen LogP contribution in [0.4, 0.5) is 5.69 Å². The first-order valence-corrected chi connectivity index (χ1v) is 3.80. The monoisotopic (exact) mass is 192 g/mol. The van der Waals surface area contributed by atoms with Crippen LogP contribution in [0.2, 0.25) is 0 Å². The van der Waals surface area contributed by atoms with Crippen molar-refractivity contribution in [2.75, 3.05) is 5.32 Å². The number of carbonyl (C=O) groups excluding carboxylic acids is 1. The summed E-state index contributed by atoms with van der Waals surface area (Å²) < 4.78 is 0. The fourth-order valence-corrected chi connectivity index (χ4v) is 0.766. The van der Waals surface area contributed by atoms with E-state index in [0.717, 1.165) is 12.2 Å². The van der Waals surface area contributed by atoms with E-state index < -0.39 is 11.9 Å². The standard InChI is InChI=1S/C9H8N2O3/c12-8(1-2-9(13)14)11-7-3-5-10-6-4-7/h1-6H,(H,13,14)(H,10,11,12). The van der Waals surface area contributed by atoms with Crippen LogP contribution in [-0.2, 0) is 9.59 Å². The summed E-state index contributed by atoms with van der Waals surface area (Å²) in [7, 11) is 0. The van der Waals surface area contributed by atoms with Gasteiger partial charge in [-0.25, -0.2) is 4.79 Å². The minimum atomic E-state index is -1.16. The third kappa shape index (κ3) is 3.48. The lowest BCUT2D eigenvalue weighted by molar-refractivity contribution is -0.131. The number of aliphatic carboxylic acids is 1. The van der Waals surface area contributed by atoms with E-state index >= 15 is 0 Å². The summed E-state index contributed by atoms with van der Waals surface area (Å²) in [6, 6.07) is 3.21. The molecule has 2 N–H and O–H groups in total. The summed E-state index contributed by atoms with van der Waals surface area (Å²) in [5, 5.41) is 10.7. The van der Waals surface area contributed by atoms with Gasteiger partial charge in [-0.3, -0.25) is 9.78 Å². The Balaban J connectivity index is 2.54. The van der Waals surface area contributed by atoms with Gasteiger partial charge in [0.25, 0.3) is 0 Å². The molecule has 14 heavy (non-hydrogen) atoms. The maximum absolute atomic E-state index is 11.0. The van der Waals surface area contributed by atoms with Crippen molar-refractivity contribution in [3.05, 3.63) is 36.7 Å². The van der Waals surface area contributed by atoms with Crippen LogP contribution < -0.4 is 5.32 Å². The molecule has 0 aromatic carbocycles. The molecule has 0 saturated carbocycles. The van der Waals surface area contributed by atoms with Crippen molar-refractivity contribution in [3.8, 4) is 0 Å². The average molecular weight is 192 g/mol. The van der Waals surface area contributed by atoms with E-state index in [1.807, 2.05) is 0 Å². The number of carboxylic acid groups (broad SMARTS) is 1. The Bertz CT molecular complexity index is 360. The average Bonchev–Trinajstić information content (AvgIpc) is 2.16. The zero-order valence-electron chi connectivity index (χ0n) is 7.18. The summed E-state index contributed by atoms with van der Waals surface area (Å²) in [6.45, 7) is 0. The maximum atomic E-state index is 11.0. The second kappa shape index (κ2) is 4.76. The molecule has 5 heteroatoms. The van der Waals surface area contributed by atoms with E-state index in [0.29, 0.717) is 5.69 Å². The number of aromatic nitrogens is 1. The highest BCUT2D eigenvalue weighted by Crippen LogP contribution is 2.02. The van der Waals surface area contributed by atoms with Crippen LogP contribution in [-0.4, -0.2) is 22.0 Å². The molecule has 0 saturated heterocycles. The van der Waals surface area contributed by atoms with Crippen LogP contribution in [0.15, 0.2) is 36.7 Å². The highest BCUT2D eigenvalue weighted by Gasteiger charge is 1.97. The zero-order chi connectivity index (χ0) is 10.4. The summed E-state index contributed by atoms with van der Waals surface area (Å²) in [5.41, 5.74) is 0.569. The molecule has 72 valence electrons. The smallest absolute Gasteiger partial charge is 0.328 e. The molecule has 0 atom stereocenters. The lowest BCUT2D eigenvalue weighted by Crippen LogP contribution is -2.08. The first-order chi connectivity index (χ1) is 6.68. The number of carbonyl (C=O) groups is 2. The van der Waals surface area contributed by atoms with Crippen molar-refractivity contribution in [2.45, 2.75) is 0 Å². The molecule has 1 heterocycles. The van der Waals surface area contributed by atoms with Gasteiger partial charge < -0.3 is 10.4 Å². The van der Waals surface area contributed by atoms with Gasteiger partial charge in [-0.05, 0) is 12.1 Å². The molecule has 0 fully saturated rings. The van der Waals surface area contributed by atoms with Crippen molar-refractivity contribution in [1.29, 1.82) is 0 Å². The van der Waals surface area contributed by atoms with Gasteiger partial charge in [-0.15, -0.1) is 0 Å². The van der Waals surface area contributed by atoms with Gasteiger partial charge in [0.2, 0.25) is 5.91 Å². The van der Waals surface area contributed by atoms with Crippen LogP contribution in [0.5, 0.6) is 0 Å². The van der Waals surface area contributed by atoms with E-state index in [-0.39, 0.29) is 0 Å². The number of pyridine rings is 1. The molecule has 0 radical (unpaired) electrons. The summed E-state index contributed by atoms with van der Waals surface area (Å²) in [6.07, 6.45) is 4.77. The lowest BCUT2D eigenvalue weighted by Gasteiger charge is -1.99. The third-order valence-electron chi connectivity index (χ3n) is 1.33. The van der Waals surface area contributed by atoms with Gasteiger partial charge in [0, 0.05) is 30.2 Å². The lowest BCUT2D eigenvalue weighted by atomic mass is 10.4. The van der Waals surface area contributed by atoms with Crippen LogP contribution >= 0.6 is 0 Å². The quantitative estimate of drug-likeness (QED) is 0.689. The molecular weight excluding hydrogens is 184 g/mol. The van der Waals surface area contributed by atoms with Crippen molar-refractivity contribution < 1.29 is 14.7 Å². The van der Waals surface area contributed by atoms with Gasteiger partial charge in [-0.1, -0.05) is 0 Å². The largest absolute Gasteiger partial charge is 0.478 e. The Morgan fingerprint density at radius 1 is 1.29 bits per heavy atom. The number of anilines is 1. The molecule has 0 aliphatic carbocycles. The number of rotatable bonds is 3. The Morgan fingerprint density at radius 2 is 1.93 bits per heavy atom. The van der Waals surface area contributed by atoms with Crippen molar-refractivity contribution in [2.24, 2.45) is 0 Å². The Hall–Kier alpha value is -2.17. The molecule has 0 spiro atoms. The fraction of sp³-hybridized carbons (Fsp3) is 0. The van der Waals surface area contributed by atoms with Crippen LogP contribution in [0.25, 0.3) is 0 Å². The maximum Gasteiger partial charge on any atom is 0.328 e. The SMILES string of the molecule is O=C(O)C=CC(=O)Nc1ccncc1. The summed E-state index contributed by atoms with van der Waals surface area (Å²) >= 11 is 0. The van der Waals surface area contributed by atoms with Crippen LogP contribution in [0, 0.1) is 0 Å². The predicted molar refractivity (Wildman–Crippen MR) is 49.6 cm³/mol. The fourth-order valence-electron chi connectivity index (χ4n) is 0.766. The van der Waals surface area contributed by atoms with Gasteiger partial charge in [-0.2, -0.15) is 0 Å². The van der Waals surface area contributed by atoms with E-state index in [9.17, 15) is 9.59 Å².